The summed E-state index contributed by atoms with van der Waals surface area (Å²) in [5.41, 5.74) is 2.81. The summed E-state index contributed by atoms with van der Waals surface area (Å²) >= 11 is 6.35. The van der Waals surface area contributed by atoms with Gasteiger partial charge in [0.1, 0.15) is 11.7 Å². The van der Waals surface area contributed by atoms with Crippen molar-refractivity contribution in [2.75, 3.05) is 5.32 Å². The quantitative estimate of drug-likeness (QED) is 0.219. The molecule has 1 aliphatic rings. The zero-order chi connectivity index (χ0) is 27.2. The zero-order valence-electron chi connectivity index (χ0n) is 21.4. The summed E-state index contributed by atoms with van der Waals surface area (Å²) in [5.74, 6) is -0.631. The lowest BCUT2D eigenvalue weighted by Gasteiger charge is -2.30. The molecule has 1 atom stereocenters. The number of anilines is 1. The van der Waals surface area contributed by atoms with E-state index >= 15 is 0 Å². The van der Waals surface area contributed by atoms with Crippen LogP contribution >= 0.6 is 11.6 Å². The minimum Gasteiger partial charge on any atom is -0.618 e. The second-order valence-corrected chi connectivity index (χ2v) is 9.90. The lowest BCUT2D eigenvalue weighted by Crippen LogP contribution is -2.49. The van der Waals surface area contributed by atoms with Gasteiger partial charge >= 0.3 is 0 Å². The summed E-state index contributed by atoms with van der Waals surface area (Å²) in [5, 5.41) is 22.7. The van der Waals surface area contributed by atoms with Crippen molar-refractivity contribution >= 4 is 29.1 Å². The van der Waals surface area contributed by atoms with Gasteiger partial charge in [-0.2, -0.15) is 9.83 Å². The van der Waals surface area contributed by atoms with Gasteiger partial charge in [0.25, 0.3) is 5.91 Å². The number of carbonyl (C=O) groups excluding carboxylic acids is 2. The summed E-state index contributed by atoms with van der Waals surface area (Å²) in [7, 11) is 0. The summed E-state index contributed by atoms with van der Waals surface area (Å²) in [4.78, 5) is 26.8. The summed E-state index contributed by atoms with van der Waals surface area (Å²) in [6.07, 6.45) is 11.1. The van der Waals surface area contributed by atoms with Crippen LogP contribution in [0.15, 0.2) is 74.1 Å². The highest BCUT2D eigenvalue weighted by Crippen LogP contribution is 2.31. The van der Waals surface area contributed by atoms with Crippen LogP contribution in [-0.4, -0.2) is 27.6 Å². The third-order valence-corrected chi connectivity index (χ3v) is 7.40. The molecule has 0 unspecified atom stereocenters. The molecule has 2 N–H and O–H groups in total. The van der Waals surface area contributed by atoms with Crippen molar-refractivity contribution in [3.63, 3.8) is 0 Å². The molecule has 0 bridgehead atoms. The number of aromatic nitrogens is 3. The van der Waals surface area contributed by atoms with Crippen LogP contribution in [0.2, 0.25) is 5.02 Å². The Bertz CT molecular complexity index is 1320. The number of nitrogens with zero attached hydrogens (tertiary/aromatic N) is 3. The molecule has 9 heteroatoms. The molecule has 8 nitrogen and oxygen atoms in total. The molecule has 198 valence electrons. The molecule has 1 aliphatic carbocycles. The Kier molecular flexibility index (Phi) is 8.63. The fourth-order valence-corrected chi connectivity index (χ4v) is 5.31. The Morgan fingerprint density at radius 1 is 1.13 bits per heavy atom. The second kappa shape index (κ2) is 12.1. The molecule has 0 saturated heterocycles. The number of halogens is 1. The van der Waals surface area contributed by atoms with E-state index in [9.17, 15) is 14.8 Å². The molecule has 3 aromatic rings. The highest BCUT2D eigenvalue weighted by Gasteiger charge is 2.32. The first-order chi connectivity index (χ1) is 18.3. The predicted octanol–water partition coefficient (Wildman–Crippen LogP) is 5.38. The topological polar surface area (TPSA) is 103 Å². The average molecular weight is 534 g/mol. The number of pyridine rings is 1. The van der Waals surface area contributed by atoms with Gasteiger partial charge in [-0.25, -0.2) is 4.68 Å². The molecule has 1 fully saturated rings. The lowest BCUT2D eigenvalue weighted by molar-refractivity contribution is -0.611. The van der Waals surface area contributed by atoms with E-state index in [0.29, 0.717) is 27.7 Å². The van der Waals surface area contributed by atoms with E-state index in [2.05, 4.69) is 28.9 Å². The van der Waals surface area contributed by atoms with Crippen molar-refractivity contribution in [3.05, 3.63) is 95.7 Å². The highest BCUT2D eigenvalue weighted by atomic mass is 35.5. The molecule has 2 aromatic heterocycles. The van der Waals surface area contributed by atoms with Crippen LogP contribution in [0, 0.1) is 18.0 Å². The van der Waals surface area contributed by atoms with Crippen LogP contribution in [0.3, 0.4) is 0 Å². The Hall–Kier alpha value is -3.91. The van der Waals surface area contributed by atoms with Gasteiger partial charge in [0.2, 0.25) is 5.91 Å². The first-order valence-electron chi connectivity index (χ1n) is 12.7. The smallest absolute Gasteiger partial charge is 0.270 e. The van der Waals surface area contributed by atoms with Gasteiger partial charge in [0, 0.05) is 24.9 Å². The summed E-state index contributed by atoms with van der Waals surface area (Å²) < 4.78 is 2.30. The fraction of sp³-hybridized carbons (Fsp3) is 0.310. The van der Waals surface area contributed by atoms with Crippen LogP contribution in [0.1, 0.15) is 54.3 Å². The van der Waals surface area contributed by atoms with Gasteiger partial charge in [-0.3, -0.25) is 9.59 Å². The molecule has 2 amide bonds. The molecule has 0 spiro atoms. The number of hydrogen-bond acceptors (Lipinski definition) is 4. The third-order valence-electron chi connectivity index (χ3n) is 7.09. The molecular formula is C29H32ClN5O3. The summed E-state index contributed by atoms with van der Waals surface area (Å²) in [6.45, 7) is 9.28. The van der Waals surface area contributed by atoms with Gasteiger partial charge < -0.3 is 15.8 Å². The van der Waals surface area contributed by atoms with E-state index in [-0.39, 0.29) is 23.8 Å². The number of allylic oxidation sites excluding steroid dienone is 2. The second-order valence-electron chi connectivity index (χ2n) is 9.49. The Morgan fingerprint density at radius 3 is 2.47 bits per heavy atom. The summed E-state index contributed by atoms with van der Waals surface area (Å²) in [6, 6.07) is 9.26. The van der Waals surface area contributed by atoms with Crippen molar-refractivity contribution in [1.82, 2.24) is 15.1 Å². The molecule has 0 radical (unpaired) electrons. The van der Waals surface area contributed by atoms with Crippen molar-refractivity contribution in [1.29, 1.82) is 0 Å². The van der Waals surface area contributed by atoms with Crippen molar-refractivity contribution < 1.29 is 14.3 Å². The normalized spacial score (nSPS) is 14.6. The Labute approximate surface area is 227 Å². The van der Waals surface area contributed by atoms with Crippen molar-refractivity contribution in [2.45, 2.75) is 51.1 Å². The fourth-order valence-electron chi connectivity index (χ4n) is 5.01. The first kappa shape index (κ1) is 27.1. The number of nitrogens with one attached hydrogen (secondary N) is 2. The van der Waals surface area contributed by atoms with Gasteiger partial charge in [0.15, 0.2) is 11.9 Å². The molecule has 2 heterocycles. The molecule has 4 rings (SSSR count). The number of rotatable bonds is 9. The monoisotopic (exact) mass is 533 g/mol. The predicted molar refractivity (Wildman–Crippen MR) is 149 cm³/mol. The molecule has 38 heavy (non-hydrogen) atoms. The number of benzene rings is 1. The van der Waals surface area contributed by atoms with Gasteiger partial charge in [0.05, 0.1) is 16.6 Å². The maximum atomic E-state index is 13.5. The SMILES string of the molecule is C=CC(C=C)n1nccc1C(=O)N[C@H](C(=O)Nc1ccc(-c2c(Cl)cc[n+]([O-])c2C)cc1)C1CCCCC1. The Balaban J connectivity index is 1.54. The molecular weight excluding hydrogens is 502 g/mol. The van der Waals surface area contributed by atoms with Crippen LogP contribution in [0.25, 0.3) is 11.1 Å². The van der Waals surface area contributed by atoms with Crippen molar-refractivity contribution in [2.24, 2.45) is 5.92 Å². The highest BCUT2D eigenvalue weighted by molar-refractivity contribution is 6.33. The van der Waals surface area contributed by atoms with E-state index in [1.54, 1.807) is 61.7 Å². The van der Waals surface area contributed by atoms with Gasteiger partial charge in [-0.15, -0.1) is 13.2 Å². The largest absolute Gasteiger partial charge is 0.618 e. The zero-order valence-corrected chi connectivity index (χ0v) is 22.2. The average Bonchev–Trinajstić information content (AvgIpc) is 3.41. The number of amides is 2. The standard InChI is InChI=1S/C29H32ClN5O3/c1-4-23(5-2)35-25(15-17-31-35)28(36)33-27(21-9-7-6-8-10-21)29(37)32-22-13-11-20(12-14-22)26-19(3)34(38)18-16-24(26)30/h4-5,11-18,21,23,27H,1-2,6-10H2,3H3,(H,32,37)(H,33,36)/t27-/m0/s1. The van der Waals surface area contributed by atoms with Gasteiger partial charge in [-0.05, 0) is 42.5 Å². The third kappa shape index (κ3) is 5.81. The van der Waals surface area contributed by atoms with E-state index in [4.69, 9.17) is 11.6 Å². The van der Waals surface area contributed by atoms with E-state index < -0.39 is 6.04 Å². The van der Waals surface area contributed by atoms with E-state index in [1.807, 2.05) is 0 Å². The molecule has 1 aromatic carbocycles. The lowest BCUT2D eigenvalue weighted by atomic mass is 9.83. The van der Waals surface area contributed by atoms with Crippen LogP contribution < -0.4 is 15.4 Å². The van der Waals surface area contributed by atoms with Crippen LogP contribution in [0.4, 0.5) is 5.69 Å². The first-order valence-corrected chi connectivity index (χ1v) is 13.1. The van der Waals surface area contributed by atoms with E-state index in [0.717, 1.165) is 42.4 Å². The Morgan fingerprint density at radius 2 is 1.82 bits per heavy atom. The maximum Gasteiger partial charge on any atom is 0.270 e. The number of hydrogen-bond donors (Lipinski definition) is 2. The molecule has 1 saturated carbocycles. The van der Waals surface area contributed by atoms with Gasteiger partial charge in [-0.1, -0.05) is 55.1 Å². The van der Waals surface area contributed by atoms with Crippen LogP contribution in [0.5, 0.6) is 0 Å². The molecule has 0 aliphatic heterocycles. The van der Waals surface area contributed by atoms with Crippen LogP contribution in [-0.2, 0) is 4.79 Å². The van der Waals surface area contributed by atoms with Crippen molar-refractivity contribution in [3.8, 4) is 11.1 Å². The maximum absolute atomic E-state index is 13.5. The number of carbonyl (C=O) groups is 2. The minimum atomic E-state index is -0.707. The van der Waals surface area contributed by atoms with E-state index in [1.165, 1.54) is 10.9 Å². The minimum absolute atomic E-state index is 0.0243.